The molecule has 2 N–H and O–H groups in total. The maximum atomic E-state index is 11.9. The molecule has 19 heavy (non-hydrogen) atoms. The van der Waals surface area contributed by atoms with Crippen molar-refractivity contribution in [1.82, 2.24) is 10.6 Å². The Hall–Kier alpha value is -0.570. The van der Waals surface area contributed by atoms with Gasteiger partial charge in [-0.3, -0.25) is 4.79 Å². The van der Waals surface area contributed by atoms with E-state index in [-0.39, 0.29) is 5.91 Å². The summed E-state index contributed by atoms with van der Waals surface area (Å²) in [6.45, 7) is 3.84. The van der Waals surface area contributed by atoms with E-state index in [1.54, 1.807) is 0 Å². The summed E-state index contributed by atoms with van der Waals surface area (Å²) in [5.41, 5.74) is 0.420. The Bertz CT molecular complexity index is 278. The zero-order chi connectivity index (χ0) is 13.6. The maximum Gasteiger partial charge on any atom is 0.234 e. The largest absolute Gasteiger partial charge is 0.352 e. The Morgan fingerprint density at radius 1 is 1.05 bits per heavy atom. The van der Waals surface area contributed by atoms with Crippen molar-refractivity contribution in [2.24, 2.45) is 5.41 Å². The Labute approximate surface area is 117 Å². The second-order valence-electron chi connectivity index (χ2n) is 6.88. The van der Waals surface area contributed by atoms with Crippen molar-refractivity contribution in [2.45, 2.75) is 77.2 Å². The molecule has 0 radical (unpaired) electrons. The van der Waals surface area contributed by atoms with Crippen LogP contribution in [0.2, 0.25) is 0 Å². The lowest BCUT2D eigenvalue weighted by Gasteiger charge is -2.33. The molecule has 0 heterocycles. The normalized spacial score (nSPS) is 24.1. The van der Waals surface area contributed by atoms with Gasteiger partial charge in [0.05, 0.1) is 6.54 Å². The molecule has 0 aromatic heterocycles. The van der Waals surface area contributed by atoms with Crippen molar-refractivity contribution in [3.8, 4) is 0 Å². The molecule has 2 rings (SSSR count). The molecule has 2 aliphatic carbocycles. The molecule has 0 aromatic carbocycles. The van der Waals surface area contributed by atoms with Crippen LogP contribution >= 0.6 is 0 Å². The summed E-state index contributed by atoms with van der Waals surface area (Å²) in [6, 6.07) is 0.438. The Balaban J connectivity index is 1.60. The molecule has 0 saturated heterocycles. The summed E-state index contributed by atoms with van der Waals surface area (Å²) in [5.74, 6) is 0.186. The summed E-state index contributed by atoms with van der Waals surface area (Å²) in [4.78, 5) is 11.9. The SMILES string of the molecule is CC1(CNCC(=O)NC2CCCCC2)CCCCC1. The van der Waals surface area contributed by atoms with Gasteiger partial charge in [0.15, 0.2) is 0 Å². The van der Waals surface area contributed by atoms with E-state index in [0.29, 0.717) is 18.0 Å². The van der Waals surface area contributed by atoms with Crippen molar-refractivity contribution in [3.63, 3.8) is 0 Å². The zero-order valence-corrected chi connectivity index (χ0v) is 12.5. The zero-order valence-electron chi connectivity index (χ0n) is 12.5. The third-order valence-corrected chi connectivity index (χ3v) is 4.87. The fourth-order valence-electron chi connectivity index (χ4n) is 3.59. The van der Waals surface area contributed by atoms with Crippen LogP contribution in [0.3, 0.4) is 0 Å². The fourth-order valence-corrected chi connectivity index (χ4v) is 3.59. The van der Waals surface area contributed by atoms with Gasteiger partial charge >= 0.3 is 0 Å². The van der Waals surface area contributed by atoms with Crippen LogP contribution in [0, 0.1) is 5.41 Å². The molecule has 0 bridgehead atoms. The number of hydrogen-bond acceptors (Lipinski definition) is 2. The van der Waals surface area contributed by atoms with Crippen LogP contribution in [-0.4, -0.2) is 25.0 Å². The van der Waals surface area contributed by atoms with Crippen LogP contribution in [0.25, 0.3) is 0 Å². The van der Waals surface area contributed by atoms with E-state index in [9.17, 15) is 4.79 Å². The average molecular weight is 266 g/mol. The van der Waals surface area contributed by atoms with Gasteiger partial charge in [-0.2, -0.15) is 0 Å². The fraction of sp³-hybridized carbons (Fsp3) is 0.938. The lowest BCUT2D eigenvalue weighted by Crippen LogP contribution is -2.43. The van der Waals surface area contributed by atoms with Gasteiger partial charge in [0.2, 0.25) is 5.91 Å². The van der Waals surface area contributed by atoms with E-state index in [1.165, 1.54) is 64.2 Å². The minimum atomic E-state index is 0.186. The second kappa shape index (κ2) is 7.28. The van der Waals surface area contributed by atoms with Crippen LogP contribution < -0.4 is 10.6 Å². The molecule has 0 unspecified atom stereocenters. The number of nitrogens with one attached hydrogen (secondary N) is 2. The van der Waals surface area contributed by atoms with Crippen molar-refractivity contribution in [3.05, 3.63) is 0 Å². The highest BCUT2D eigenvalue weighted by molar-refractivity contribution is 5.78. The molecule has 3 heteroatoms. The molecule has 2 aliphatic rings. The monoisotopic (exact) mass is 266 g/mol. The van der Waals surface area contributed by atoms with Crippen molar-refractivity contribution < 1.29 is 4.79 Å². The molecular formula is C16H30N2O. The topological polar surface area (TPSA) is 41.1 Å². The minimum Gasteiger partial charge on any atom is -0.352 e. The van der Waals surface area contributed by atoms with Crippen molar-refractivity contribution >= 4 is 5.91 Å². The lowest BCUT2D eigenvalue weighted by atomic mass is 9.76. The smallest absolute Gasteiger partial charge is 0.234 e. The van der Waals surface area contributed by atoms with Gasteiger partial charge in [0.1, 0.15) is 0 Å². The van der Waals surface area contributed by atoms with Gasteiger partial charge in [-0.15, -0.1) is 0 Å². The van der Waals surface area contributed by atoms with Gasteiger partial charge in [-0.25, -0.2) is 0 Å². The Morgan fingerprint density at radius 2 is 1.68 bits per heavy atom. The lowest BCUT2D eigenvalue weighted by molar-refractivity contribution is -0.121. The standard InChI is InChI=1S/C16H30N2O/c1-16(10-6-3-7-11-16)13-17-12-15(19)18-14-8-4-2-5-9-14/h14,17H,2-13H2,1H3,(H,18,19). The maximum absolute atomic E-state index is 11.9. The van der Waals surface area contributed by atoms with Gasteiger partial charge < -0.3 is 10.6 Å². The van der Waals surface area contributed by atoms with Crippen LogP contribution in [0.1, 0.15) is 71.1 Å². The highest BCUT2D eigenvalue weighted by atomic mass is 16.1. The predicted molar refractivity (Wildman–Crippen MR) is 79.1 cm³/mol. The number of carbonyl (C=O) groups excluding carboxylic acids is 1. The van der Waals surface area contributed by atoms with Gasteiger partial charge in [0.25, 0.3) is 0 Å². The van der Waals surface area contributed by atoms with E-state index >= 15 is 0 Å². The minimum absolute atomic E-state index is 0.186. The molecule has 0 atom stereocenters. The van der Waals surface area contributed by atoms with Crippen molar-refractivity contribution in [2.75, 3.05) is 13.1 Å². The third-order valence-electron chi connectivity index (χ3n) is 4.87. The summed E-state index contributed by atoms with van der Waals surface area (Å²) in [6.07, 6.45) is 12.9. The number of rotatable bonds is 5. The summed E-state index contributed by atoms with van der Waals surface area (Å²) in [5, 5.41) is 6.54. The van der Waals surface area contributed by atoms with Crippen LogP contribution in [0.5, 0.6) is 0 Å². The molecule has 2 fully saturated rings. The van der Waals surface area contributed by atoms with E-state index in [2.05, 4.69) is 17.6 Å². The molecular weight excluding hydrogens is 236 g/mol. The number of hydrogen-bond donors (Lipinski definition) is 2. The molecule has 2 saturated carbocycles. The van der Waals surface area contributed by atoms with Crippen LogP contribution in [0.4, 0.5) is 0 Å². The Morgan fingerprint density at radius 3 is 2.37 bits per heavy atom. The first-order chi connectivity index (χ1) is 9.18. The quantitative estimate of drug-likeness (QED) is 0.803. The number of amides is 1. The van der Waals surface area contributed by atoms with Gasteiger partial charge in [-0.1, -0.05) is 45.4 Å². The van der Waals surface area contributed by atoms with Gasteiger partial charge in [-0.05, 0) is 31.1 Å². The van der Waals surface area contributed by atoms with E-state index in [1.807, 2.05) is 0 Å². The molecule has 110 valence electrons. The molecule has 0 aliphatic heterocycles. The third kappa shape index (κ3) is 5.13. The van der Waals surface area contributed by atoms with Crippen LogP contribution in [0.15, 0.2) is 0 Å². The predicted octanol–water partition coefficient (Wildman–Crippen LogP) is 3.00. The first-order valence-corrected chi connectivity index (χ1v) is 8.18. The van der Waals surface area contributed by atoms with Crippen LogP contribution in [-0.2, 0) is 4.79 Å². The summed E-state index contributed by atoms with van der Waals surface area (Å²) >= 11 is 0. The van der Waals surface area contributed by atoms with Gasteiger partial charge in [0, 0.05) is 12.6 Å². The highest BCUT2D eigenvalue weighted by Crippen LogP contribution is 2.34. The molecule has 1 amide bonds. The molecule has 0 aromatic rings. The highest BCUT2D eigenvalue weighted by Gasteiger charge is 2.26. The van der Waals surface area contributed by atoms with E-state index in [0.717, 1.165) is 6.54 Å². The molecule has 0 spiro atoms. The first-order valence-electron chi connectivity index (χ1n) is 8.18. The van der Waals surface area contributed by atoms with Crippen molar-refractivity contribution in [1.29, 1.82) is 0 Å². The first kappa shape index (κ1) is 14.8. The molecule has 3 nitrogen and oxygen atoms in total. The summed E-state index contributed by atoms with van der Waals surface area (Å²) < 4.78 is 0. The summed E-state index contributed by atoms with van der Waals surface area (Å²) in [7, 11) is 0. The average Bonchev–Trinajstić information content (AvgIpc) is 2.40. The van der Waals surface area contributed by atoms with E-state index < -0.39 is 0 Å². The Kier molecular flexibility index (Phi) is 5.68. The van der Waals surface area contributed by atoms with E-state index in [4.69, 9.17) is 0 Å². The number of carbonyl (C=O) groups is 1. The second-order valence-corrected chi connectivity index (χ2v) is 6.88.